The van der Waals surface area contributed by atoms with Crippen molar-refractivity contribution < 1.29 is 9.90 Å². The molecular formula is C22H19BrN2O2. The van der Waals surface area contributed by atoms with Crippen LogP contribution in [0, 0.1) is 0 Å². The summed E-state index contributed by atoms with van der Waals surface area (Å²) in [4.78, 5) is 13.0. The molecule has 3 rings (SSSR count). The van der Waals surface area contributed by atoms with Crippen LogP contribution >= 0.6 is 15.9 Å². The summed E-state index contributed by atoms with van der Waals surface area (Å²) in [6, 6.07) is 25.3. The number of nitrogens with zero attached hydrogens (tertiary/aromatic N) is 1. The van der Waals surface area contributed by atoms with Gasteiger partial charge in [-0.2, -0.15) is 5.10 Å². The summed E-state index contributed by atoms with van der Waals surface area (Å²) in [5, 5.41) is 15.6. The Labute approximate surface area is 166 Å². The second-order valence-electron chi connectivity index (χ2n) is 6.09. The topological polar surface area (TPSA) is 61.7 Å². The fourth-order valence-electron chi connectivity index (χ4n) is 2.78. The third-order valence-electron chi connectivity index (χ3n) is 4.28. The molecule has 0 unspecified atom stereocenters. The lowest BCUT2D eigenvalue weighted by atomic mass is 9.85. The number of hydrogen-bond acceptors (Lipinski definition) is 3. The lowest BCUT2D eigenvalue weighted by molar-refractivity contribution is -0.136. The molecule has 0 aliphatic rings. The Morgan fingerprint density at radius 1 is 0.926 bits per heavy atom. The zero-order chi connectivity index (χ0) is 19.3. The number of nitrogens with one attached hydrogen (secondary N) is 1. The van der Waals surface area contributed by atoms with Crippen LogP contribution in [-0.2, 0) is 10.4 Å². The third kappa shape index (κ3) is 4.15. The van der Waals surface area contributed by atoms with Crippen molar-refractivity contribution in [1.82, 2.24) is 5.43 Å². The lowest BCUT2D eigenvalue weighted by Gasteiger charge is -2.27. The molecule has 0 bridgehead atoms. The highest BCUT2D eigenvalue weighted by Crippen LogP contribution is 2.29. The van der Waals surface area contributed by atoms with Crippen molar-refractivity contribution >= 4 is 27.5 Å². The molecule has 2 N–H and O–H groups in total. The maximum atomic E-state index is 13.0. The minimum Gasteiger partial charge on any atom is -0.372 e. The molecule has 4 nitrogen and oxygen atoms in total. The van der Waals surface area contributed by atoms with Crippen LogP contribution in [0.3, 0.4) is 0 Å². The van der Waals surface area contributed by atoms with Gasteiger partial charge in [0.05, 0.1) is 5.71 Å². The smallest absolute Gasteiger partial charge is 0.281 e. The molecule has 3 aromatic carbocycles. The lowest BCUT2D eigenvalue weighted by Crippen LogP contribution is -2.43. The molecular weight excluding hydrogens is 404 g/mol. The summed E-state index contributed by atoms with van der Waals surface area (Å²) >= 11 is 3.42. The Bertz CT molecular complexity index is 917. The number of rotatable bonds is 5. The fourth-order valence-corrected chi connectivity index (χ4v) is 3.18. The first-order chi connectivity index (χ1) is 13.0. The number of carbonyl (C=O) groups is 1. The second kappa shape index (κ2) is 8.29. The number of hydrazone groups is 1. The van der Waals surface area contributed by atoms with Crippen molar-refractivity contribution in [2.45, 2.75) is 12.5 Å². The summed E-state index contributed by atoms with van der Waals surface area (Å²) in [5.74, 6) is -0.616. The molecule has 0 radical (unpaired) electrons. The summed E-state index contributed by atoms with van der Waals surface area (Å²) in [7, 11) is 0. The van der Waals surface area contributed by atoms with Gasteiger partial charge in [0.1, 0.15) is 0 Å². The van der Waals surface area contributed by atoms with Crippen LogP contribution < -0.4 is 5.43 Å². The van der Waals surface area contributed by atoms with Gasteiger partial charge in [-0.3, -0.25) is 4.79 Å². The number of carbonyl (C=O) groups excluding carboxylic acids is 1. The normalized spacial score (nSPS) is 11.9. The molecule has 0 fully saturated rings. The summed E-state index contributed by atoms with van der Waals surface area (Å²) in [6.07, 6.45) is 0. The second-order valence-corrected chi connectivity index (χ2v) is 7.01. The maximum absolute atomic E-state index is 13.0. The molecule has 0 saturated heterocycles. The van der Waals surface area contributed by atoms with Gasteiger partial charge in [0.2, 0.25) is 0 Å². The van der Waals surface area contributed by atoms with E-state index in [1.54, 1.807) is 55.5 Å². The van der Waals surface area contributed by atoms with Crippen molar-refractivity contribution in [1.29, 1.82) is 0 Å². The van der Waals surface area contributed by atoms with Gasteiger partial charge in [-0.15, -0.1) is 0 Å². The number of hydrogen-bond donors (Lipinski definition) is 2. The van der Waals surface area contributed by atoms with E-state index in [9.17, 15) is 9.90 Å². The van der Waals surface area contributed by atoms with Gasteiger partial charge >= 0.3 is 0 Å². The van der Waals surface area contributed by atoms with Crippen molar-refractivity contribution in [3.05, 3.63) is 106 Å². The Kier molecular flexibility index (Phi) is 5.84. The van der Waals surface area contributed by atoms with Crippen molar-refractivity contribution in [3.8, 4) is 0 Å². The van der Waals surface area contributed by atoms with Crippen LogP contribution in [0.15, 0.2) is 94.5 Å². The van der Waals surface area contributed by atoms with Crippen LogP contribution in [0.2, 0.25) is 0 Å². The first kappa shape index (κ1) is 19.0. The number of halogens is 1. The predicted octanol–water partition coefficient (Wildman–Crippen LogP) is 4.23. The first-order valence-electron chi connectivity index (χ1n) is 8.46. The van der Waals surface area contributed by atoms with Crippen LogP contribution in [0.4, 0.5) is 0 Å². The van der Waals surface area contributed by atoms with Crippen molar-refractivity contribution in [2.75, 3.05) is 0 Å². The third-order valence-corrected chi connectivity index (χ3v) is 4.77. The molecule has 0 aliphatic heterocycles. The van der Waals surface area contributed by atoms with E-state index in [2.05, 4.69) is 26.5 Å². The van der Waals surface area contributed by atoms with Gasteiger partial charge in [0.15, 0.2) is 5.60 Å². The monoisotopic (exact) mass is 422 g/mol. The Balaban J connectivity index is 1.94. The number of benzene rings is 3. The fraction of sp³-hybridized carbons (Fsp3) is 0.0909. The van der Waals surface area contributed by atoms with Crippen LogP contribution in [0.5, 0.6) is 0 Å². The van der Waals surface area contributed by atoms with E-state index in [1.807, 2.05) is 36.4 Å². The molecule has 27 heavy (non-hydrogen) atoms. The van der Waals surface area contributed by atoms with Gasteiger partial charge < -0.3 is 5.11 Å². The molecule has 0 saturated carbocycles. The van der Waals surface area contributed by atoms with E-state index >= 15 is 0 Å². The summed E-state index contributed by atoms with van der Waals surface area (Å²) < 4.78 is 0.922. The predicted molar refractivity (Wildman–Crippen MR) is 110 cm³/mol. The number of amides is 1. The zero-order valence-corrected chi connectivity index (χ0v) is 16.3. The van der Waals surface area contributed by atoms with Gasteiger partial charge in [-0.05, 0) is 35.7 Å². The molecule has 0 atom stereocenters. The zero-order valence-electron chi connectivity index (χ0n) is 14.8. The van der Waals surface area contributed by atoms with E-state index in [4.69, 9.17) is 0 Å². The molecule has 0 aromatic heterocycles. The average molecular weight is 423 g/mol. The number of aliphatic hydroxyl groups is 1. The molecule has 1 amide bonds. The van der Waals surface area contributed by atoms with Crippen LogP contribution in [-0.4, -0.2) is 16.7 Å². The van der Waals surface area contributed by atoms with Gasteiger partial charge in [-0.25, -0.2) is 5.43 Å². The van der Waals surface area contributed by atoms with Gasteiger partial charge in [0.25, 0.3) is 5.91 Å². The highest BCUT2D eigenvalue weighted by molar-refractivity contribution is 9.10. The molecule has 5 heteroatoms. The standard InChI is InChI=1S/C22H19BrN2O2/c1-16(17-9-8-14-20(23)15-17)24-25-21(26)22(27,18-10-4-2-5-11-18)19-12-6-3-7-13-19/h2-15,27H,1H3,(H,25,26)/b24-16+. The van der Waals surface area contributed by atoms with Crippen LogP contribution in [0.1, 0.15) is 23.6 Å². The first-order valence-corrected chi connectivity index (χ1v) is 9.25. The van der Waals surface area contributed by atoms with Crippen LogP contribution in [0.25, 0.3) is 0 Å². The Morgan fingerprint density at radius 2 is 1.48 bits per heavy atom. The quantitative estimate of drug-likeness (QED) is 0.477. The molecule has 0 heterocycles. The van der Waals surface area contributed by atoms with Crippen molar-refractivity contribution in [2.24, 2.45) is 5.10 Å². The molecule has 136 valence electrons. The average Bonchev–Trinajstić information content (AvgIpc) is 2.72. The van der Waals surface area contributed by atoms with E-state index in [-0.39, 0.29) is 0 Å². The Hall–Kier alpha value is -2.76. The molecule has 3 aromatic rings. The largest absolute Gasteiger partial charge is 0.372 e. The summed E-state index contributed by atoms with van der Waals surface area (Å²) in [5.41, 5.74) is 3.13. The minimum atomic E-state index is -1.84. The van der Waals surface area contributed by atoms with Crippen molar-refractivity contribution in [3.63, 3.8) is 0 Å². The van der Waals surface area contributed by atoms with Gasteiger partial charge in [-0.1, -0.05) is 88.7 Å². The summed E-state index contributed by atoms with van der Waals surface area (Å²) in [6.45, 7) is 1.80. The highest BCUT2D eigenvalue weighted by Gasteiger charge is 2.39. The van der Waals surface area contributed by atoms with E-state index < -0.39 is 11.5 Å². The van der Waals surface area contributed by atoms with E-state index in [1.165, 1.54) is 0 Å². The Morgan fingerprint density at radius 3 is 2.00 bits per heavy atom. The SMILES string of the molecule is C/C(=N\NC(=O)C(O)(c1ccccc1)c1ccccc1)c1cccc(Br)c1. The molecule has 0 aliphatic carbocycles. The van der Waals surface area contributed by atoms with E-state index in [0.717, 1.165) is 10.0 Å². The molecule has 0 spiro atoms. The highest BCUT2D eigenvalue weighted by atomic mass is 79.9. The minimum absolute atomic E-state index is 0.476. The van der Waals surface area contributed by atoms with E-state index in [0.29, 0.717) is 16.8 Å². The van der Waals surface area contributed by atoms with Gasteiger partial charge in [0, 0.05) is 4.47 Å². The maximum Gasteiger partial charge on any atom is 0.281 e.